The molecular weight excluding hydrogens is 324 g/mol. The number of hydrogen-bond donors (Lipinski definition) is 3. The van der Waals surface area contributed by atoms with E-state index in [0.29, 0.717) is 0 Å². The fraction of sp³-hybridized carbons (Fsp3) is 0.429. The summed E-state index contributed by atoms with van der Waals surface area (Å²) >= 11 is 0. The molecule has 1 atom stereocenters. The van der Waals surface area contributed by atoms with Gasteiger partial charge in [-0.25, -0.2) is 17.9 Å². The van der Waals surface area contributed by atoms with Gasteiger partial charge in [0.25, 0.3) is 0 Å². The molecule has 0 spiro atoms. The van der Waals surface area contributed by atoms with E-state index in [9.17, 15) is 18.0 Å². The van der Waals surface area contributed by atoms with Gasteiger partial charge in [-0.1, -0.05) is 17.7 Å². The van der Waals surface area contributed by atoms with E-state index in [0.717, 1.165) is 12.7 Å². The van der Waals surface area contributed by atoms with Crippen LogP contribution in [0.25, 0.3) is 0 Å². The molecule has 0 aliphatic carbocycles. The molecule has 1 amide bonds. The van der Waals surface area contributed by atoms with E-state index in [1.807, 2.05) is 6.92 Å². The van der Waals surface area contributed by atoms with Crippen molar-refractivity contribution in [1.82, 2.24) is 10.0 Å². The van der Waals surface area contributed by atoms with Crippen molar-refractivity contribution in [2.45, 2.75) is 24.3 Å². The zero-order chi connectivity index (χ0) is 17.5. The van der Waals surface area contributed by atoms with Crippen molar-refractivity contribution in [3.05, 3.63) is 29.8 Å². The monoisotopic (exact) mass is 344 g/mol. The van der Waals surface area contributed by atoms with Gasteiger partial charge in [0.2, 0.25) is 15.9 Å². The first-order chi connectivity index (χ1) is 10.8. The average Bonchev–Trinajstić information content (AvgIpc) is 2.52. The fourth-order valence-corrected chi connectivity index (χ4v) is 2.72. The van der Waals surface area contributed by atoms with Gasteiger partial charge in [-0.2, -0.15) is 0 Å². The lowest BCUT2D eigenvalue weighted by atomic mass is 10.2. The quantitative estimate of drug-likeness (QED) is 0.537. The highest BCUT2D eigenvalue weighted by atomic mass is 32.2. The van der Waals surface area contributed by atoms with Crippen LogP contribution < -0.4 is 10.0 Å². The molecule has 1 rings (SSSR count). The summed E-state index contributed by atoms with van der Waals surface area (Å²) in [6.07, 6.45) is -0.182. The number of sulfonamides is 1. The van der Waals surface area contributed by atoms with Crippen molar-refractivity contribution < 1.29 is 27.9 Å². The Morgan fingerprint density at radius 2 is 1.87 bits per heavy atom. The van der Waals surface area contributed by atoms with Gasteiger partial charge in [0.05, 0.1) is 18.6 Å². The summed E-state index contributed by atoms with van der Waals surface area (Å²) < 4.78 is 30.7. The summed E-state index contributed by atoms with van der Waals surface area (Å²) in [6.45, 7) is 1.10. The van der Waals surface area contributed by atoms with Crippen LogP contribution in [0.4, 0.5) is 0 Å². The van der Waals surface area contributed by atoms with Gasteiger partial charge < -0.3 is 15.2 Å². The Morgan fingerprint density at radius 3 is 2.39 bits per heavy atom. The number of amides is 1. The molecule has 0 unspecified atom stereocenters. The molecule has 1 aromatic carbocycles. The Morgan fingerprint density at radius 1 is 1.26 bits per heavy atom. The van der Waals surface area contributed by atoms with Crippen LogP contribution in [0.5, 0.6) is 0 Å². The molecule has 0 aliphatic rings. The Hall–Kier alpha value is -1.97. The van der Waals surface area contributed by atoms with Gasteiger partial charge in [-0.3, -0.25) is 4.79 Å². The Balaban J connectivity index is 2.51. The van der Waals surface area contributed by atoms with E-state index in [2.05, 4.69) is 14.8 Å². The molecule has 0 fully saturated rings. The number of methoxy groups -OCH3 is 1. The largest absolute Gasteiger partial charge is 0.467 e. The molecule has 8 nitrogen and oxygen atoms in total. The van der Waals surface area contributed by atoms with Crippen molar-refractivity contribution in [1.29, 1.82) is 0 Å². The lowest BCUT2D eigenvalue weighted by Crippen LogP contribution is -2.44. The molecule has 0 radical (unpaired) electrons. The number of rotatable bonds is 8. The smallest absolute Gasteiger partial charge is 0.330 e. The second-order valence-corrected chi connectivity index (χ2v) is 6.55. The first-order valence-corrected chi connectivity index (χ1v) is 8.33. The zero-order valence-electron chi connectivity index (χ0n) is 12.9. The topological polar surface area (TPSA) is 122 Å². The number of ether oxygens (including phenoxy) is 1. The number of nitrogens with one attached hydrogen (secondary N) is 2. The van der Waals surface area contributed by atoms with E-state index < -0.39 is 34.5 Å². The lowest BCUT2D eigenvalue weighted by Gasteiger charge is -2.14. The number of hydrogen-bond acceptors (Lipinski definition) is 6. The van der Waals surface area contributed by atoms with Crippen LogP contribution in [0, 0.1) is 6.92 Å². The Bertz CT molecular complexity index is 642. The number of esters is 1. The van der Waals surface area contributed by atoms with Crippen LogP contribution in [0.3, 0.4) is 0 Å². The maximum Gasteiger partial charge on any atom is 0.330 e. The van der Waals surface area contributed by atoms with E-state index >= 15 is 0 Å². The van der Waals surface area contributed by atoms with Gasteiger partial charge in [-0.15, -0.1) is 0 Å². The van der Waals surface area contributed by atoms with E-state index in [1.54, 1.807) is 12.1 Å². The summed E-state index contributed by atoms with van der Waals surface area (Å²) in [6, 6.07) is 5.11. The maximum atomic E-state index is 12.0. The summed E-state index contributed by atoms with van der Waals surface area (Å²) in [7, 11) is -2.57. The summed E-state index contributed by atoms with van der Waals surface area (Å²) in [4.78, 5) is 23.0. The maximum absolute atomic E-state index is 12.0. The molecule has 1 aromatic rings. The zero-order valence-corrected chi connectivity index (χ0v) is 13.7. The van der Waals surface area contributed by atoms with Crippen LogP contribution in [0.1, 0.15) is 12.0 Å². The van der Waals surface area contributed by atoms with Crippen LogP contribution in [0.15, 0.2) is 29.2 Å². The van der Waals surface area contributed by atoms with E-state index in [4.69, 9.17) is 5.11 Å². The first-order valence-electron chi connectivity index (χ1n) is 6.84. The third-order valence-electron chi connectivity index (χ3n) is 2.98. The number of aliphatic hydroxyl groups excluding tert-OH is 1. The SMILES string of the molecule is COC(=O)[C@H](CO)NC(=O)CCNS(=O)(=O)c1ccc(C)cc1. The van der Waals surface area contributed by atoms with Crippen LogP contribution in [-0.4, -0.2) is 51.7 Å². The number of aryl methyl sites for hydroxylation is 1. The first kappa shape index (κ1) is 19.1. The molecule has 0 bridgehead atoms. The van der Waals surface area contributed by atoms with Crippen molar-refractivity contribution in [2.75, 3.05) is 20.3 Å². The predicted molar refractivity (Wildman–Crippen MR) is 82.0 cm³/mol. The minimum absolute atomic E-state index is 0.103. The summed E-state index contributed by atoms with van der Waals surface area (Å²) in [5.74, 6) is -1.36. The third kappa shape index (κ3) is 5.97. The molecule has 0 aromatic heterocycles. The lowest BCUT2D eigenvalue weighted by molar-refractivity contribution is -0.146. The van der Waals surface area contributed by atoms with Crippen LogP contribution in [-0.2, 0) is 24.3 Å². The van der Waals surface area contributed by atoms with Crippen LogP contribution in [0.2, 0.25) is 0 Å². The number of benzene rings is 1. The third-order valence-corrected chi connectivity index (χ3v) is 4.46. The fourth-order valence-electron chi connectivity index (χ4n) is 1.69. The van der Waals surface area contributed by atoms with Crippen LogP contribution >= 0.6 is 0 Å². The molecule has 0 saturated carbocycles. The molecule has 23 heavy (non-hydrogen) atoms. The van der Waals surface area contributed by atoms with Gasteiger partial charge in [0.15, 0.2) is 6.04 Å². The second kappa shape index (κ2) is 8.61. The number of aliphatic hydroxyl groups is 1. The predicted octanol–water partition coefficient (Wildman–Crippen LogP) is -0.686. The molecule has 0 aliphatic heterocycles. The highest BCUT2D eigenvalue weighted by Crippen LogP contribution is 2.09. The summed E-state index contributed by atoms with van der Waals surface area (Å²) in [5, 5.41) is 11.2. The van der Waals surface area contributed by atoms with Gasteiger partial charge >= 0.3 is 5.97 Å². The molecule has 9 heteroatoms. The second-order valence-electron chi connectivity index (χ2n) is 4.79. The Labute approximate surface area is 134 Å². The number of carbonyl (C=O) groups excluding carboxylic acids is 2. The number of carbonyl (C=O) groups is 2. The van der Waals surface area contributed by atoms with Crippen molar-refractivity contribution >= 4 is 21.9 Å². The minimum Gasteiger partial charge on any atom is -0.467 e. The van der Waals surface area contributed by atoms with Crippen molar-refractivity contribution in [3.8, 4) is 0 Å². The molecule has 3 N–H and O–H groups in total. The van der Waals surface area contributed by atoms with Gasteiger partial charge in [0.1, 0.15) is 0 Å². The van der Waals surface area contributed by atoms with E-state index in [1.165, 1.54) is 12.1 Å². The van der Waals surface area contributed by atoms with Gasteiger partial charge in [0, 0.05) is 13.0 Å². The van der Waals surface area contributed by atoms with Gasteiger partial charge in [-0.05, 0) is 19.1 Å². The average molecular weight is 344 g/mol. The summed E-state index contributed by atoms with van der Waals surface area (Å²) in [5.41, 5.74) is 0.932. The standard InChI is InChI=1S/C14H20N2O6S/c1-10-3-5-11(6-4-10)23(20,21)15-8-7-13(18)16-12(9-17)14(19)22-2/h3-6,12,15,17H,7-9H2,1-2H3,(H,16,18)/t12-/m0/s1. The normalized spacial score (nSPS) is 12.5. The highest BCUT2D eigenvalue weighted by molar-refractivity contribution is 7.89. The Kier molecular flexibility index (Phi) is 7.14. The van der Waals surface area contributed by atoms with Crippen molar-refractivity contribution in [2.24, 2.45) is 0 Å². The molecule has 0 saturated heterocycles. The molecular formula is C14H20N2O6S. The van der Waals surface area contributed by atoms with Crippen molar-refractivity contribution in [3.63, 3.8) is 0 Å². The minimum atomic E-state index is -3.70. The molecule has 128 valence electrons. The molecule has 0 heterocycles. The van der Waals surface area contributed by atoms with E-state index in [-0.39, 0.29) is 17.9 Å². The highest BCUT2D eigenvalue weighted by Gasteiger charge is 2.20.